The van der Waals surface area contributed by atoms with Gasteiger partial charge < -0.3 is 0 Å². The summed E-state index contributed by atoms with van der Waals surface area (Å²) in [5, 5.41) is 4.90. The molecule has 0 aromatic carbocycles. The van der Waals surface area contributed by atoms with Gasteiger partial charge in [0.25, 0.3) is 0 Å². The number of guanidine groups is 2. The molecule has 6 N–H and O–H groups in total. The van der Waals surface area contributed by atoms with Crippen molar-refractivity contribution in [1.82, 2.24) is 10.6 Å². The van der Waals surface area contributed by atoms with Crippen LogP contribution in [-0.4, -0.2) is 60.1 Å². The molecule has 0 spiro atoms. The first kappa shape index (κ1) is 12.0. The van der Waals surface area contributed by atoms with E-state index in [4.69, 9.17) is 11.5 Å². The summed E-state index contributed by atoms with van der Waals surface area (Å²) in [6.45, 7) is 0.762. The van der Waals surface area contributed by atoms with Crippen molar-refractivity contribution in [1.29, 1.82) is 0 Å². The molecule has 0 aliphatic carbocycles. The molecular formula is C8H16N6O2+2. The molecule has 0 aromatic rings. The Bertz CT molecular complexity index is 327. The lowest BCUT2D eigenvalue weighted by molar-refractivity contribution is -0.480. The molecule has 0 saturated carbocycles. The number of nitrogens with one attached hydrogen (secondary N) is 2. The molecule has 2 aliphatic heterocycles. The van der Waals surface area contributed by atoms with Crippen molar-refractivity contribution in [2.45, 2.75) is 0 Å². The highest BCUT2D eigenvalue weighted by atomic mass is 16.2. The molecule has 2 amide bonds. The summed E-state index contributed by atoms with van der Waals surface area (Å²) >= 11 is 0. The van der Waals surface area contributed by atoms with E-state index < -0.39 is 0 Å². The SMILES string of the molecule is C[N+]1=C(N)NC(=O)C1.C[N+]1=C(N)NC(=O)C1. The van der Waals surface area contributed by atoms with E-state index in [9.17, 15) is 9.59 Å². The van der Waals surface area contributed by atoms with Gasteiger partial charge in [-0.1, -0.05) is 0 Å². The molecule has 8 nitrogen and oxygen atoms in total. The summed E-state index contributed by atoms with van der Waals surface area (Å²) in [4.78, 5) is 20.8. The summed E-state index contributed by atoms with van der Waals surface area (Å²) in [7, 11) is 3.51. The number of amides is 2. The molecule has 0 bridgehead atoms. The Kier molecular flexibility index (Phi) is 3.44. The zero-order valence-electron chi connectivity index (χ0n) is 9.28. The van der Waals surface area contributed by atoms with Gasteiger partial charge in [0.05, 0.1) is 14.1 Å². The van der Waals surface area contributed by atoms with Crippen molar-refractivity contribution in [3.8, 4) is 0 Å². The van der Waals surface area contributed by atoms with Gasteiger partial charge in [-0.25, -0.2) is 10.6 Å². The lowest BCUT2D eigenvalue weighted by Gasteiger charge is -1.83. The van der Waals surface area contributed by atoms with E-state index in [1.807, 2.05) is 0 Å². The van der Waals surface area contributed by atoms with E-state index in [1.165, 1.54) is 0 Å². The molecule has 2 heterocycles. The highest BCUT2D eigenvalue weighted by Crippen LogP contribution is 1.78. The molecule has 0 atom stereocenters. The van der Waals surface area contributed by atoms with E-state index in [1.54, 1.807) is 23.2 Å². The third-order valence-electron chi connectivity index (χ3n) is 2.12. The Morgan fingerprint density at radius 2 is 1.25 bits per heavy atom. The highest BCUT2D eigenvalue weighted by Gasteiger charge is 2.21. The van der Waals surface area contributed by atoms with Crippen LogP contribution in [0.3, 0.4) is 0 Å². The van der Waals surface area contributed by atoms with Gasteiger partial charge in [-0.05, 0) is 0 Å². The van der Waals surface area contributed by atoms with E-state index in [2.05, 4.69) is 10.6 Å². The van der Waals surface area contributed by atoms with Crippen LogP contribution in [0.4, 0.5) is 0 Å². The molecule has 2 rings (SSSR count). The van der Waals surface area contributed by atoms with Crippen LogP contribution in [0, 0.1) is 0 Å². The molecule has 8 heteroatoms. The first-order valence-electron chi connectivity index (χ1n) is 4.67. The van der Waals surface area contributed by atoms with Gasteiger partial charge in [0.2, 0.25) is 0 Å². The van der Waals surface area contributed by atoms with Crippen LogP contribution in [0.15, 0.2) is 0 Å². The van der Waals surface area contributed by atoms with Gasteiger partial charge in [-0.3, -0.25) is 30.2 Å². The number of rotatable bonds is 0. The maximum Gasteiger partial charge on any atom is 0.351 e. The normalized spacial score (nSPS) is 19.4. The number of hydrogen-bond acceptors (Lipinski definition) is 4. The Hall–Kier alpha value is -2.12. The second-order valence-corrected chi connectivity index (χ2v) is 3.58. The van der Waals surface area contributed by atoms with Crippen LogP contribution in [0.1, 0.15) is 0 Å². The minimum absolute atomic E-state index is 0.0370. The van der Waals surface area contributed by atoms with Gasteiger partial charge >= 0.3 is 23.7 Å². The average Bonchev–Trinajstić information content (AvgIpc) is 2.58. The molecular weight excluding hydrogens is 212 g/mol. The lowest BCUT2D eigenvalue weighted by Crippen LogP contribution is -2.32. The monoisotopic (exact) mass is 228 g/mol. The Labute approximate surface area is 92.6 Å². The fraction of sp³-hybridized carbons (Fsp3) is 0.500. The lowest BCUT2D eigenvalue weighted by atomic mass is 10.6. The molecule has 88 valence electrons. The fourth-order valence-electron chi connectivity index (χ4n) is 1.16. The van der Waals surface area contributed by atoms with Crippen molar-refractivity contribution < 1.29 is 18.7 Å². The topological polar surface area (TPSA) is 116 Å². The number of carbonyl (C=O) groups excluding carboxylic acids is 2. The first-order valence-corrected chi connectivity index (χ1v) is 4.67. The van der Waals surface area contributed by atoms with Gasteiger partial charge in [0, 0.05) is 0 Å². The van der Waals surface area contributed by atoms with E-state index >= 15 is 0 Å². The predicted molar refractivity (Wildman–Crippen MR) is 56.8 cm³/mol. The first-order chi connectivity index (χ1) is 7.40. The second-order valence-electron chi connectivity index (χ2n) is 3.58. The van der Waals surface area contributed by atoms with Gasteiger partial charge in [-0.2, -0.15) is 0 Å². The van der Waals surface area contributed by atoms with E-state index in [0.29, 0.717) is 25.0 Å². The zero-order valence-corrected chi connectivity index (χ0v) is 9.28. The van der Waals surface area contributed by atoms with Crippen LogP contribution >= 0.6 is 0 Å². The van der Waals surface area contributed by atoms with Gasteiger partial charge in [0.15, 0.2) is 13.1 Å². The average molecular weight is 228 g/mol. The van der Waals surface area contributed by atoms with Crippen LogP contribution < -0.4 is 22.1 Å². The maximum absolute atomic E-state index is 10.4. The van der Waals surface area contributed by atoms with E-state index in [-0.39, 0.29) is 11.8 Å². The minimum Gasteiger partial charge on any atom is -0.290 e. The molecule has 0 saturated heterocycles. The summed E-state index contributed by atoms with van der Waals surface area (Å²) in [5.74, 6) is 0.806. The Morgan fingerprint density at radius 1 is 0.938 bits per heavy atom. The summed E-state index contributed by atoms with van der Waals surface area (Å²) in [5.41, 5.74) is 10.6. The minimum atomic E-state index is -0.0370. The third kappa shape index (κ3) is 2.94. The third-order valence-corrected chi connectivity index (χ3v) is 2.12. The fourth-order valence-corrected chi connectivity index (χ4v) is 1.16. The molecule has 2 aliphatic rings. The molecule has 0 aromatic heterocycles. The van der Waals surface area contributed by atoms with Crippen molar-refractivity contribution in [3.63, 3.8) is 0 Å². The highest BCUT2D eigenvalue weighted by molar-refractivity contribution is 5.98. The number of nitrogens with zero attached hydrogens (tertiary/aromatic N) is 2. The van der Waals surface area contributed by atoms with Crippen LogP contribution in [0.25, 0.3) is 0 Å². The van der Waals surface area contributed by atoms with Crippen molar-refractivity contribution >= 4 is 23.7 Å². The summed E-state index contributed by atoms with van der Waals surface area (Å²) in [6, 6.07) is 0. The number of carbonyl (C=O) groups is 2. The summed E-state index contributed by atoms with van der Waals surface area (Å²) < 4.78 is 3.31. The Balaban J connectivity index is 0.000000160. The second kappa shape index (κ2) is 4.60. The van der Waals surface area contributed by atoms with Crippen LogP contribution in [0.5, 0.6) is 0 Å². The zero-order chi connectivity index (χ0) is 12.3. The number of likely N-dealkylation sites (N-methyl/N-ethyl adjacent to an activating group) is 2. The van der Waals surface area contributed by atoms with Gasteiger partial charge in [0.1, 0.15) is 0 Å². The van der Waals surface area contributed by atoms with Crippen molar-refractivity contribution in [2.75, 3.05) is 27.2 Å². The molecule has 0 fully saturated rings. The van der Waals surface area contributed by atoms with Crippen LogP contribution in [-0.2, 0) is 9.59 Å². The Morgan fingerprint density at radius 3 is 1.31 bits per heavy atom. The molecule has 0 radical (unpaired) electrons. The maximum atomic E-state index is 10.4. The van der Waals surface area contributed by atoms with Crippen molar-refractivity contribution in [3.05, 3.63) is 0 Å². The number of hydrogen-bond donors (Lipinski definition) is 4. The standard InChI is InChI=1S/2C4H7N3O/c2*1-7-2-3(8)6-4(7)5/h2*2H2,1H3,(H2,5,6,8)/p+2. The van der Waals surface area contributed by atoms with E-state index in [0.717, 1.165) is 0 Å². The van der Waals surface area contributed by atoms with Gasteiger partial charge in [-0.15, -0.1) is 0 Å². The molecule has 0 unspecified atom stereocenters. The van der Waals surface area contributed by atoms with Crippen LogP contribution in [0.2, 0.25) is 0 Å². The quantitative estimate of drug-likeness (QED) is 0.317. The largest absolute Gasteiger partial charge is 0.351 e. The summed E-state index contributed by atoms with van der Waals surface area (Å²) in [6.07, 6.45) is 0. The smallest absolute Gasteiger partial charge is 0.290 e. The number of nitrogens with two attached hydrogens (primary N) is 2. The molecule has 16 heavy (non-hydrogen) atoms. The van der Waals surface area contributed by atoms with Crippen molar-refractivity contribution in [2.24, 2.45) is 11.5 Å². The predicted octanol–water partition coefficient (Wildman–Crippen LogP) is -3.85.